The highest BCUT2D eigenvalue weighted by Crippen LogP contribution is 2.32. The van der Waals surface area contributed by atoms with E-state index in [-0.39, 0.29) is 12.0 Å². The molecule has 0 saturated carbocycles. The molecule has 0 radical (unpaired) electrons. The SMILES string of the molecule is Cc1ccc(-c2csc3ncn(CCCC(=O)O)c(=O)c23)c(C)c1. The first-order chi connectivity index (χ1) is 11.5. The van der Waals surface area contributed by atoms with E-state index in [1.165, 1.54) is 27.8 Å². The van der Waals surface area contributed by atoms with Crippen molar-refractivity contribution in [1.82, 2.24) is 9.55 Å². The lowest BCUT2D eigenvalue weighted by Crippen LogP contribution is -2.20. The molecule has 0 fully saturated rings. The molecule has 1 N–H and O–H groups in total. The zero-order chi connectivity index (χ0) is 17.3. The summed E-state index contributed by atoms with van der Waals surface area (Å²) in [5.41, 5.74) is 4.13. The van der Waals surface area contributed by atoms with Gasteiger partial charge in [0.1, 0.15) is 4.83 Å². The summed E-state index contributed by atoms with van der Waals surface area (Å²) in [6, 6.07) is 6.17. The lowest BCUT2D eigenvalue weighted by molar-refractivity contribution is -0.137. The average molecular weight is 342 g/mol. The number of carbonyl (C=O) groups is 1. The predicted octanol–water partition coefficient (Wildman–Crippen LogP) is 3.61. The second-order valence-electron chi connectivity index (χ2n) is 5.89. The smallest absolute Gasteiger partial charge is 0.303 e. The highest BCUT2D eigenvalue weighted by Gasteiger charge is 2.14. The minimum Gasteiger partial charge on any atom is -0.481 e. The maximum Gasteiger partial charge on any atom is 0.303 e. The molecule has 0 saturated heterocycles. The number of thiophene rings is 1. The van der Waals surface area contributed by atoms with Crippen LogP contribution < -0.4 is 5.56 Å². The highest BCUT2D eigenvalue weighted by atomic mass is 32.1. The van der Waals surface area contributed by atoms with E-state index < -0.39 is 5.97 Å². The highest BCUT2D eigenvalue weighted by molar-refractivity contribution is 7.17. The number of aryl methyl sites for hydroxylation is 3. The van der Waals surface area contributed by atoms with E-state index in [1.54, 1.807) is 0 Å². The van der Waals surface area contributed by atoms with Gasteiger partial charge in [0.05, 0.1) is 11.7 Å². The normalized spacial score (nSPS) is 11.1. The number of hydrogen-bond donors (Lipinski definition) is 1. The van der Waals surface area contributed by atoms with Gasteiger partial charge in [-0.3, -0.25) is 14.2 Å². The first kappa shape index (κ1) is 16.4. The van der Waals surface area contributed by atoms with Crippen LogP contribution in [0.4, 0.5) is 0 Å². The first-order valence-electron chi connectivity index (χ1n) is 7.73. The van der Waals surface area contributed by atoms with Gasteiger partial charge in [0, 0.05) is 23.9 Å². The Morgan fingerprint density at radius 1 is 1.29 bits per heavy atom. The van der Waals surface area contributed by atoms with Crippen molar-refractivity contribution in [3.8, 4) is 11.1 Å². The summed E-state index contributed by atoms with van der Waals surface area (Å²) in [5, 5.41) is 11.3. The van der Waals surface area contributed by atoms with Crippen molar-refractivity contribution in [2.75, 3.05) is 0 Å². The number of aromatic nitrogens is 2. The van der Waals surface area contributed by atoms with Gasteiger partial charge in [-0.15, -0.1) is 11.3 Å². The van der Waals surface area contributed by atoms with Gasteiger partial charge < -0.3 is 5.11 Å². The molecule has 5 nitrogen and oxygen atoms in total. The van der Waals surface area contributed by atoms with Crippen molar-refractivity contribution in [3.05, 3.63) is 51.4 Å². The Morgan fingerprint density at radius 2 is 2.08 bits per heavy atom. The number of nitrogens with zero attached hydrogens (tertiary/aromatic N) is 2. The molecule has 24 heavy (non-hydrogen) atoms. The molecule has 124 valence electrons. The molecule has 2 heterocycles. The van der Waals surface area contributed by atoms with Crippen molar-refractivity contribution in [2.24, 2.45) is 0 Å². The van der Waals surface area contributed by atoms with Gasteiger partial charge in [-0.2, -0.15) is 0 Å². The Kier molecular flexibility index (Phi) is 4.49. The summed E-state index contributed by atoms with van der Waals surface area (Å²) in [7, 11) is 0. The van der Waals surface area contributed by atoms with Crippen LogP contribution in [0.1, 0.15) is 24.0 Å². The molecule has 0 amide bonds. The lowest BCUT2D eigenvalue weighted by atomic mass is 9.99. The molecule has 0 atom stereocenters. The quantitative estimate of drug-likeness (QED) is 0.769. The maximum atomic E-state index is 12.8. The number of rotatable bonds is 5. The molecule has 1 aromatic carbocycles. The van der Waals surface area contributed by atoms with Gasteiger partial charge in [-0.1, -0.05) is 23.8 Å². The Bertz CT molecular complexity index is 972. The van der Waals surface area contributed by atoms with Crippen LogP contribution in [0.2, 0.25) is 0 Å². The summed E-state index contributed by atoms with van der Waals surface area (Å²) in [6.45, 7) is 4.43. The van der Waals surface area contributed by atoms with Gasteiger partial charge in [-0.05, 0) is 31.4 Å². The van der Waals surface area contributed by atoms with Crippen molar-refractivity contribution in [1.29, 1.82) is 0 Å². The number of hydrogen-bond acceptors (Lipinski definition) is 4. The molecule has 0 aliphatic rings. The van der Waals surface area contributed by atoms with Gasteiger partial charge >= 0.3 is 5.97 Å². The van der Waals surface area contributed by atoms with Crippen LogP contribution in [0, 0.1) is 13.8 Å². The van der Waals surface area contributed by atoms with E-state index in [0.29, 0.717) is 23.2 Å². The fourth-order valence-electron chi connectivity index (χ4n) is 2.84. The summed E-state index contributed by atoms with van der Waals surface area (Å²) < 4.78 is 1.50. The zero-order valence-corrected chi connectivity index (χ0v) is 14.4. The Labute approximate surface area is 143 Å². The summed E-state index contributed by atoms with van der Waals surface area (Å²) in [6.07, 6.45) is 1.96. The molecule has 6 heteroatoms. The monoisotopic (exact) mass is 342 g/mol. The van der Waals surface area contributed by atoms with Gasteiger partial charge in [0.15, 0.2) is 0 Å². The van der Waals surface area contributed by atoms with Crippen molar-refractivity contribution >= 4 is 27.5 Å². The topological polar surface area (TPSA) is 72.2 Å². The molecule has 0 unspecified atom stereocenters. The summed E-state index contributed by atoms with van der Waals surface area (Å²) >= 11 is 1.45. The molecular weight excluding hydrogens is 324 g/mol. The van der Waals surface area contributed by atoms with E-state index >= 15 is 0 Å². The van der Waals surface area contributed by atoms with Crippen LogP contribution >= 0.6 is 11.3 Å². The molecule has 3 rings (SSSR count). The minimum absolute atomic E-state index is 0.0397. The van der Waals surface area contributed by atoms with Crippen molar-refractivity contribution in [3.63, 3.8) is 0 Å². The lowest BCUT2D eigenvalue weighted by Gasteiger charge is -2.07. The van der Waals surface area contributed by atoms with Crippen LogP contribution in [0.5, 0.6) is 0 Å². The third-order valence-corrected chi connectivity index (χ3v) is 4.91. The number of carboxylic acids is 1. The van der Waals surface area contributed by atoms with E-state index in [4.69, 9.17) is 5.11 Å². The van der Waals surface area contributed by atoms with Crippen LogP contribution in [0.25, 0.3) is 21.3 Å². The molecule has 2 aromatic heterocycles. The second kappa shape index (κ2) is 6.57. The van der Waals surface area contributed by atoms with Crippen molar-refractivity contribution in [2.45, 2.75) is 33.2 Å². The molecule has 0 bridgehead atoms. The third-order valence-electron chi connectivity index (χ3n) is 4.02. The van der Waals surface area contributed by atoms with E-state index in [2.05, 4.69) is 11.1 Å². The van der Waals surface area contributed by atoms with Crippen LogP contribution in [-0.2, 0) is 11.3 Å². The average Bonchev–Trinajstić information content (AvgIpc) is 2.94. The summed E-state index contributed by atoms with van der Waals surface area (Å²) in [5.74, 6) is -0.858. The predicted molar refractivity (Wildman–Crippen MR) is 95.7 cm³/mol. The molecule has 0 aliphatic heterocycles. The molecule has 0 spiro atoms. The van der Waals surface area contributed by atoms with Gasteiger partial charge in [-0.25, -0.2) is 4.98 Å². The minimum atomic E-state index is -0.858. The fourth-order valence-corrected chi connectivity index (χ4v) is 3.74. The maximum absolute atomic E-state index is 12.8. The Morgan fingerprint density at radius 3 is 2.79 bits per heavy atom. The van der Waals surface area contributed by atoms with Crippen LogP contribution in [0.15, 0.2) is 34.7 Å². The second-order valence-corrected chi connectivity index (χ2v) is 6.75. The largest absolute Gasteiger partial charge is 0.481 e. The van der Waals surface area contributed by atoms with E-state index in [1.807, 2.05) is 31.4 Å². The standard InChI is InChI=1S/C18H18N2O3S/c1-11-5-6-13(12(2)8-11)14-9-24-17-16(14)18(23)20(10-19-17)7-3-4-15(21)22/h5-6,8-10H,3-4,7H2,1-2H3,(H,21,22). The number of aliphatic carboxylic acids is 1. The Balaban J connectivity index is 2.07. The zero-order valence-electron chi connectivity index (χ0n) is 13.6. The molecule has 3 aromatic rings. The number of fused-ring (bicyclic) bond motifs is 1. The first-order valence-corrected chi connectivity index (χ1v) is 8.61. The van der Waals surface area contributed by atoms with Gasteiger partial charge in [0.2, 0.25) is 0 Å². The van der Waals surface area contributed by atoms with E-state index in [9.17, 15) is 9.59 Å². The summed E-state index contributed by atoms with van der Waals surface area (Å²) in [4.78, 5) is 28.5. The van der Waals surface area contributed by atoms with Crippen LogP contribution in [0.3, 0.4) is 0 Å². The number of benzene rings is 1. The molecular formula is C18H18N2O3S. The van der Waals surface area contributed by atoms with Crippen molar-refractivity contribution < 1.29 is 9.90 Å². The van der Waals surface area contributed by atoms with E-state index in [0.717, 1.165) is 16.7 Å². The molecule has 0 aliphatic carbocycles. The van der Waals surface area contributed by atoms with Crippen LogP contribution in [-0.4, -0.2) is 20.6 Å². The Hall–Kier alpha value is -2.47. The fraction of sp³-hybridized carbons (Fsp3) is 0.278. The number of carboxylic acid groups (broad SMARTS) is 1. The third kappa shape index (κ3) is 3.10. The van der Waals surface area contributed by atoms with Gasteiger partial charge in [0.25, 0.3) is 5.56 Å².